The number of likely N-dealkylation sites (tertiary alicyclic amines) is 1. The lowest BCUT2D eigenvalue weighted by Crippen LogP contribution is -2.39. The molecule has 1 saturated heterocycles. The van der Waals surface area contributed by atoms with Crippen molar-refractivity contribution in [3.8, 4) is 5.75 Å². The number of anilines is 1. The van der Waals surface area contributed by atoms with Crippen molar-refractivity contribution in [3.05, 3.63) is 23.8 Å². The van der Waals surface area contributed by atoms with Gasteiger partial charge < -0.3 is 25.9 Å². The van der Waals surface area contributed by atoms with E-state index in [1.165, 1.54) is 7.11 Å². The van der Waals surface area contributed by atoms with Crippen molar-refractivity contribution in [3.63, 3.8) is 0 Å². The van der Waals surface area contributed by atoms with Gasteiger partial charge in [0.1, 0.15) is 5.75 Å². The van der Waals surface area contributed by atoms with Gasteiger partial charge in [-0.25, -0.2) is 4.79 Å². The van der Waals surface area contributed by atoms with Crippen molar-refractivity contribution in [2.75, 3.05) is 25.5 Å². The van der Waals surface area contributed by atoms with Crippen molar-refractivity contribution in [2.24, 2.45) is 10.9 Å². The zero-order valence-electron chi connectivity index (χ0n) is 12.0. The third-order valence-electron chi connectivity index (χ3n) is 3.51. The average Bonchev–Trinajstić information content (AvgIpc) is 2.55. The molecule has 0 radical (unpaired) electrons. The summed E-state index contributed by atoms with van der Waals surface area (Å²) in [7, 11) is 1.50. The number of carbonyl (C=O) groups excluding carboxylic acids is 1. The van der Waals surface area contributed by atoms with E-state index >= 15 is 0 Å². The van der Waals surface area contributed by atoms with E-state index in [-0.39, 0.29) is 11.9 Å². The van der Waals surface area contributed by atoms with E-state index in [1.54, 1.807) is 23.1 Å². The number of urea groups is 1. The first-order valence-electron chi connectivity index (χ1n) is 6.88. The number of para-hydroxylation sites is 1. The zero-order chi connectivity index (χ0) is 15.2. The van der Waals surface area contributed by atoms with Gasteiger partial charge in [0, 0.05) is 18.7 Å². The summed E-state index contributed by atoms with van der Waals surface area (Å²) in [6, 6.07) is 4.87. The lowest BCUT2D eigenvalue weighted by Gasteiger charge is -2.27. The highest BCUT2D eigenvalue weighted by molar-refractivity contribution is 6.06. The maximum Gasteiger partial charge on any atom is 0.321 e. The first-order valence-corrected chi connectivity index (χ1v) is 6.88. The van der Waals surface area contributed by atoms with E-state index in [2.05, 4.69) is 10.5 Å². The molecule has 4 N–H and O–H groups in total. The second-order valence-electron chi connectivity index (χ2n) is 4.85. The van der Waals surface area contributed by atoms with Crippen molar-refractivity contribution < 1.29 is 14.7 Å². The molecule has 1 aliphatic heterocycles. The summed E-state index contributed by atoms with van der Waals surface area (Å²) in [5.74, 6) is 0.382. The Bertz CT molecular complexity index is 539. The van der Waals surface area contributed by atoms with Crippen LogP contribution in [0.15, 0.2) is 23.4 Å². The smallest absolute Gasteiger partial charge is 0.321 e. The minimum absolute atomic E-state index is 0.0807. The van der Waals surface area contributed by atoms with Gasteiger partial charge in [-0.3, -0.25) is 0 Å². The molecule has 0 aromatic heterocycles. The van der Waals surface area contributed by atoms with Gasteiger partial charge >= 0.3 is 6.03 Å². The number of benzene rings is 1. The van der Waals surface area contributed by atoms with Crippen LogP contribution in [-0.2, 0) is 0 Å². The van der Waals surface area contributed by atoms with E-state index in [0.29, 0.717) is 17.0 Å². The van der Waals surface area contributed by atoms with Crippen LogP contribution in [0.5, 0.6) is 5.75 Å². The number of nitrogens with one attached hydrogen (secondary N) is 1. The lowest BCUT2D eigenvalue weighted by molar-refractivity contribution is 0.200. The van der Waals surface area contributed by atoms with Crippen LogP contribution in [0.3, 0.4) is 0 Å². The molecule has 1 heterocycles. The predicted octanol–water partition coefficient (Wildman–Crippen LogP) is 1.81. The van der Waals surface area contributed by atoms with Gasteiger partial charge in [0.05, 0.1) is 12.8 Å². The molecule has 0 atom stereocenters. The number of nitrogens with two attached hydrogens (primary N) is 1. The van der Waals surface area contributed by atoms with Gasteiger partial charge in [-0.2, -0.15) is 0 Å². The van der Waals surface area contributed by atoms with E-state index < -0.39 is 0 Å². The molecular weight excluding hydrogens is 272 g/mol. The summed E-state index contributed by atoms with van der Waals surface area (Å²) in [5, 5.41) is 14.7. The average molecular weight is 292 g/mol. The number of carbonyl (C=O) groups is 1. The van der Waals surface area contributed by atoms with Crippen molar-refractivity contribution in [2.45, 2.75) is 19.3 Å². The van der Waals surface area contributed by atoms with Gasteiger partial charge in [-0.1, -0.05) is 11.2 Å². The molecule has 0 saturated carbocycles. The van der Waals surface area contributed by atoms with Gasteiger partial charge in [-0.05, 0) is 31.4 Å². The highest BCUT2D eigenvalue weighted by atomic mass is 16.5. The molecule has 114 valence electrons. The number of rotatable bonds is 3. The molecule has 0 aliphatic carbocycles. The highest BCUT2D eigenvalue weighted by Gasteiger charge is 2.20. The number of methoxy groups -OCH3 is 1. The van der Waals surface area contributed by atoms with Crippen molar-refractivity contribution in [1.82, 2.24) is 4.90 Å². The molecule has 21 heavy (non-hydrogen) atoms. The Balaban J connectivity index is 2.26. The number of piperidine rings is 1. The van der Waals surface area contributed by atoms with Crippen molar-refractivity contribution in [1.29, 1.82) is 0 Å². The lowest BCUT2D eigenvalue weighted by atomic mass is 10.1. The maximum atomic E-state index is 12.3. The molecule has 2 amide bonds. The molecule has 7 nitrogen and oxygen atoms in total. The quantitative estimate of drug-likeness (QED) is 0.342. The molecule has 0 bridgehead atoms. The van der Waals surface area contributed by atoms with E-state index in [0.717, 1.165) is 32.4 Å². The monoisotopic (exact) mass is 292 g/mol. The van der Waals surface area contributed by atoms with E-state index in [4.69, 9.17) is 15.7 Å². The fourth-order valence-electron chi connectivity index (χ4n) is 2.38. The Hall–Kier alpha value is -2.44. The summed E-state index contributed by atoms with van der Waals surface area (Å²) in [6.07, 6.45) is 3.16. The van der Waals surface area contributed by atoms with Gasteiger partial charge in [-0.15, -0.1) is 0 Å². The summed E-state index contributed by atoms with van der Waals surface area (Å²) in [5.41, 5.74) is 6.48. The van der Waals surface area contributed by atoms with Crippen LogP contribution >= 0.6 is 0 Å². The zero-order valence-corrected chi connectivity index (χ0v) is 12.0. The second-order valence-corrected chi connectivity index (χ2v) is 4.85. The minimum atomic E-state index is -0.203. The standard InChI is InChI=1S/C14H20N4O3/c1-21-11-7-5-6-10(13(15)17-20)12(11)16-14(19)18-8-3-2-4-9-18/h5-7,20H,2-4,8-9H2,1H3,(H2,15,17)(H,16,19). The summed E-state index contributed by atoms with van der Waals surface area (Å²) < 4.78 is 5.24. The molecule has 1 aliphatic rings. The number of hydrogen-bond acceptors (Lipinski definition) is 4. The SMILES string of the molecule is COc1cccc(/C(N)=N/O)c1NC(=O)N1CCCCC1. The maximum absolute atomic E-state index is 12.3. The topological polar surface area (TPSA) is 100 Å². The van der Waals surface area contributed by atoms with Crippen LogP contribution in [0.2, 0.25) is 0 Å². The van der Waals surface area contributed by atoms with Crippen LogP contribution in [0, 0.1) is 0 Å². The third-order valence-corrected chi connectivity index (χ3v) is 3.51. The molecule has 2 rings (SSSR count). The normalized spacial score (nSPS) is 15.7. The Morgan fingerprint density at radius 2 is 2.10 bits per heavy atom. The third kappa shape index (κ3) is 3.36. The Labute approximate surface area is 123 Å². The number of hydrogen-bond donors (Lipinski definition) is 3. The summed E-state index contributed by atoms with van der Waals surface area (Å²) in [4.78, 5) is 14.1. The molecule has 1 aromatic carbocycles. The first-order chi connectivity index (χ1) is 10.2. The first kappa shape index (κ1) is 15.0. The fourth-order valence-corrected chi connectivity index (χ4v) is 2.38. The largest absolute Gasteiger partial charge is 0.495 e. The van der Waals surface area contributed by atoms with Gasteiger partial charge in [0.2, 0.25) is 0 Å². The predicted molar refractivity (Wildman–Crippen MR) is 79.9 cm³/mol. The van der Waals surface area contributed by atoms with E-state index in [1.807, 2.05) is 0 Å². The van der Waals surface area contributed by atoms with Crippen LogP contribution in [-0.4, -0.2) is 42.2 Å². The minimum Gasteiger partial charge on any atom is -0.495 e. The number of nitrogens with zero attached hydrogens (tertiary/aromatic N) is 2. The Kier molecular flexibility index (Phi) is 4.86. The molecule has 7 heteroatoms. The van der Waals surface area contributed by atoms with Crippen molar-refractivity contribution >= 4 is 17.6 Å². The summed E-state index contributed by atoms with van der Waals surface area (Å²) in [6.45, 7) is 1.47. The molecule has 1 aromatic rings. The van der Waals surface area contributed by atoms with Crippen LogP contribution in [0.25, 0.3) is 0 Å². The van der Waals surface area contributed by atoms with Crippen LogP contribution in [0.1, 0.15) is 24.8 Å². The molecule has 0 spiro atoms. The molecule has 1 fully saturated rings. The summed E-state index contributed by atoms with van der Waals surface area (Å²) >= 11 is 0. The Morgan fingerprint density at radius 1 is 1.38 bits per heavy atom. The van der Waals surface area contributed by atoms with Crippen LogP contribution < -0.4 is 15.8 Å². The Morgan fingerprint density at radius 3 is 2.71 bits per heavy atom. The highest BCUT2D eigenvalue weighted by Crippen LogP contribution is 2.28. The van der Waals surface area contributed by atoms with E-state index in [9.17, 15) is 4.79 Å². The van der Waals surface area contributed by atoms with Gasteiger partial charge in [0.15, 0.2) is 5.84 Å². The second kappa shape index (κ2) is 6.83. The fraction of sp³-hybridized carbons (Fsp3) is 0.429. The molecular formula is C14H20N4O3. The number of ether oxygens (including phenoxy) is 1. The number of oxime groups is 1. The number of amidine groups is 1. The molecule has 0 unspecified atom stereocenters. The van der Waals surface area contributed by atoms with Crippen LogP contribution in [0.4, 0.5) is 10.5 Å². The van der Waals surface area contributed by atoms with Gasteiger partial charge in [0.25, 0.3) is 0 Å². The number of amides is 2.